The summed E-state index contributed by atoms with van der Waals surface area (Å²) in [5.74, 6) is 1.18. The van der Waals surface area contributed by atoms with E-state index in [1.54, 1.807) is 21.8 Å². The minimum Gasteiger partial charge on any atom is -0.447 e. The van der Waals surface area contributed by atoms with Crippen molar-refractivity contribution in [2.24, 2.45) is 5.92 Å². The average molecular weight is 393 g/mol. The van der Waals surface area contributed by atoms with Crippen molar-refractivity contribution < 1.29 is 9.53 Å². The lowest BCUT2D eigenvalue weighted by Gasteiger charge is -2.23. The largest absolute Gasteiger partial charge is 0.447 e. The molecule has 0 radical (unpaired) electrons. The average Bonchev–Trinajstić information content (AvgIpc) is 3.36. The highest BCUT2D eigenvalue weighted by molar-refractivity contribution is 5.89. The number of benzene rings is 1. The number of amides is 1. The second-order valence-corrected chi connectivity index (χ2v) is 7.29. The molecule has 0 aliphatic carbocycles. The van der Waals surface area contributed by atoms with E-state index in [4.69, 9.17) is 4.74 Å². The van der Waals surface area contributed by atoms with Crippen LogP contribution in [0.5, 0.6) is 0 Å². The summed E-state index contributed by atoms with van der Waals surface area (Å²) in [5, 5.41) is 11.7. The Balaban J connectivity index is 1.51. The van der Waals surface area contributed by atoms with Crippen molar-refractivity contribution >= 4 is 17.9 Å². The van der Waals surface area contributed by atoms with Gasteiger partial charge in [0.05, 0.1) is 24.0 Å². The summed E-state index contributed by atoms with van der Waals surface area (Å²) < 4.78 is 6.93. The number of hydrogen-bond acceptors (Lipinski definition) is 7. The predicted octanol–water partition coefficient (Wildman–Crippen LogP) is 3.21. The van der Waals surface area contributed by atoms with Gasteiger partial charge in [0.25, 0.3) is 0 Å². The van der Waals surface area contributed by atoms with Crippen LogP contribution in [0.15, 0.2) is 48.8 Å². The van der Waals surface area contributed by atoms with Crippen molar-refractivity contribution in [1.82, 2.24) is 25.0 Å². The van der Waals surface area contributed by atoms with Crippen LogP contribution in [0.1, 0.15) is 32.5 Å². The monoisotopic (exact) mass is 393 g/mol. The summed E-state index contributed by atoms with van der Waals surface area (Å²) in [6.07, 6.45) is 3.11. The fraction of sp³-hybridized carbons (Fsp3) is 0.350. The molecule has 1 aromatic carbocycles. The third-order valence-electron chi connectivity index (χ3n) is 4.88. The van der Waals surface area contributed by atoms with Crippen molar-refractivity contribution in [3.05, 3.63) is 54.5 Å². The Labute approximate surface area is 168 Å². The van der Waals surface area contributed by atoms with E-state index in [-0.39, 0.29) is 24.1 Å². The van der Waals surface area contributed by atoms with Crippen LogP contribution in [0.4, 0.5) is 16.6 Å². The maximum Gasteiger partial charge on any atom is 0.415 e. The van der Waals surface area contributed by atoms with Gasteiger partial charge in [-0.15, -0.1) is 5.10 Å². The van der Waals surface area contributed by atoms with E-state index in [0.29, 0.717) is 18.4 Å². The molecule has 0 spiro atoms. The molecule has 1 amide bonds. The SMILES string of the molecule is CC(Nc1nccc(N2C(=O)OCC2C(C)C)n1)c1cn(-c2ccccc2)nn1. The highest BCUT2D eigenvalue weighted by Crippen LogP contribution is 2.26. The summed E-state index contributed by atoms with van der Waals surface area (Å²) in [7, 11) is 0. The summed E-state index contributed by atoms with van der Waals surface area (Å²) in [6, 6.07) is 11.3. The first-order valence-corrected chi connectivity index (χ1v) is 9.56. The third-order valence-corrected chi connectivity index (χ3v) is 4.88. The zero-order valence-electron chi connectivity index (χ0n) is 16.6. The van der Waals surface area contributed by atoms with Crippen molar-refractivity contribution in [3.8, 4) is 5.69 Å². The zero-order chi connectivity index (χ0) is 20.4. The number of ether oxygens (including phenoxy) is 1. The maximum atomic E-state index is 12.2. The summed E-state index contributed by atoms with van der Waals surface area (Å²) in [4.78, 5) is 22.6. The molecular weight excluding hydrogens is 370 g/mol. The lowest BCUT2D eigenvalue weighted by molar-refractivity contribution is 0.177. The van der Waals surface area contributed by atoms with E-state index in [9.17, 15) is 4.79 Å². The number of anilines is 2. The molecule has 2 atom stereocenters. The Morgan fingerprint density at radius 2 is 1.97 bits per heavy atom. The number of hydrogen-bond donors (Lipinski definition) is 1. The fourth-order valence-electron chi connectivity index (χ4n) is 3.19. The molecule has 29 heavy (non-hydrogen) atoms. The molecule has 1 N–H and O–H groups in total. The zero-order valence-corrected chi connectivity index (χ0v) is 16.6. The van der Waals surface area contributed by atoms with E-state index in [0.717, 1.165) is 11.4 Å². The number of nitrogens with zero attached hydrogens (tertiary/aromatic N) is 6. The molecule has 150 valence electrons. The number of aromatic nitrogens is 5. The number of para-hydroxylation sites is 1. The van der Waals surface area contributed by atoms with Gasteiger partial charge in [0.15, 0.2) is 0 Å². The molecule has 0 saturated carbocycles. The molecule has 0 bridgehead atoms. The smallest absolute Gasteiger partial charge is 0.415 e. The topological polar surface area (TPSA) is 98.1 Å². The van der Waals surface area contributed by atoms with E-state index >= 15 is 0 Å². The molecule has 1 saturated heterocycles. The first kappa shape index (κ1) is 18.9. The van der Waals surface area contributed by atoms with E-state index < -0.39 is 0 Å². The second kappa shape index (κ2) is 7.86. The molecule has 3 aromatic rings. The van der Waals surface area contributed by atoms with E-state index in [2.05, 4.69) is 39.4 Å². The number of rotatable bonds is 6. The molecule has 2 unspecified atom stereocenters. The summed E-state index contributed by atoms with van der Waals surface area (Å²) in [6.45, 7) is 6.43. The molecule has 4 rings (SSSR count). The summed E-state index contributed by atoms with van der Waals surface area (Å²) >= 11 is 0. The molecule has 2 aromatic heterocycles. The van der Waals surface area contributed by atoms with Crippen molar-refractivity contribution in [1.29, 1.82) is 0 Å². The third kappa shape index (κ3) is 3.89. The lowest BCUT2D eigenvalue weighted by Crippen LogP contribution is -2.37. The Kier molecular flexibility index (Phi) is 5.11. The van der Waals surface area contributed by atoms with Gasteiger partial charge in [-0.05, 0) is 31.0 Å². The normalized spacial score (nSPS) is 17.4. The Morgan fingerprint density at radius 3 is 2.72 bits per heavy atom. The van der Waals surface area contributed by atoms with Crippen LogP contribution in [0.2, 0.25) is 0 Å². The van der Waals surface area contributed by atoms with Gasteiger partial charge in [0.1, 0.15) is 18.1 Å². The number of carbonyl (C=O) groups excluding carboxylic acids is 1. The molecule has 9 heteroatoms. The van der Waals surface area contributed by atoms with E-state index in [1.807, 2.05) is 43.5 Å². The van der Waals surface area contributed by atoms with Crippen LogP contribution in [-0.4, -0.2) is 43.7 Å². The van der Waals surface area contributed by atoms with Crippen LogP contribution < -0.4 is 10.2 Å². The molecule has 1 fully saturated rings. The highest BCUT2D eigenvalue weighted by atomic mass is 16.6. The van der Waals surface area contributed by atoms with Gasteiger partial charge >= 0.3 is 6.09 Å². The Morgan fingerprint density at radius 1 is 1.17 bits per heavy atom. The number of cyclic esters (lactones) is 1. The Bertz CT molecular complexity index is 989. The van der Waals surface area contributed by atoms with Gasteiger partial charge in [-0.25, -0.2) is 14.5 Å². The molecule has 3 heterocycles. The van der Waals surface area contributed by atoms with E-state index in [1.165, 1.54) is 0 Å². The Hall–Kier alpha value is -3.49. The van der Waals surface area contributed by atoms with Crippen LogP contribution >= 0.6 is 0 Å². The van der Waals surface area contributed by atoms with Crippen molar-refractivity contribution in [2.45, 2.75) is 32.9 Å². The predicted molar refractivity (Wildman–Crippen MR) is 108 cm³/mol. The first-order valence-electron chi connectivity index (χ1n) is 9.56. The standard InChI is InChI=1S/C20H23N7O2/c1-13(2)17-12-29-20(28)27(17)18-9-10-21-19(23-18)22-14(3)16-11-26(25-24-16)15-7-5-4-6-8-15/h4-11,13-14,17H,12H2,1-3H3,(H,21,22,23). The van der Waals surface area contributed by atoms with Gasteiger partial charge < -0.3 is 10.1 Å². The minimum absolute atomic E-state index is 0.0477. The maximum absolute atomic E-state index is 12.2. The second-order valence-electron chi connectivity index (χ2n) is 7.29. The summed E-state index contributed by atoms with van der Waals surface area (Å²) in [5.41, 5.74) is 1.69. The molecular formula is C20H23N7O2. The quantitative estimate of drug-likeness (QED) is 0.686. The van der Waals surface area contributed by atoms with Gasteiger partial charge in [0.2, 0.25) is 5.95 Å². The molecule has 9 nitrogen and oxygen atoms in total. The van der Waals surface area contributed by atoms with Crippen LogP contribution in [0, 0.1) is 5.92 Å². The van der Waals surface area contributed by atoms with Crippen LogP contribution in [0.25, 0.3) is 5.69 Å². The van der Waals surface area contributed by atoms with Gasteiger partial charge in [-0.3, -0.25) is 4.90 Å². The number of nitrogens with one attached hydrogen (secondary N) is 1. The lowest BCUT2D eigenvalue weighted by atomic mass is 10.0. The minimum atomic E-state index is -0.382. The van der Waals surface area contributed by atoms with Gasteiger partial charge in [0, 0.05) is 6.20 Å². The first-order chi connectivity index (χ1) is 14.0. The fourth-order valence-corrected chi connectivity index (χ4v) is 3.19. The van der Waals surface area contributed by atoms with Gasteiger partial charge in [-0.2, -0.15) is 4.98 Å². The van der Waals surface area contributed by atoms with Crippen molar-refractivity contribution in [2.75, 3.05) is 16.8 Å². The number of carbonyl (C=O) groups is 1. The van der Waals surface area contributed by atoms with Crippen molar-refractivity contribution in [3.63, 3.8) is 0 Å². The molecule has 1 aliphatic rings. The van der Waals surface area contributed by atoms with Gasteiger partial charge in [-0.1, -0.05) is 37.3 Å². The van der Waals surface area contributed by atoms with Crippen LogP contribution in [0.3, 0.4) is 0 Å². The molecule has 1 aliphatic heterocycles. The highest BCUT2D eigenvalue weighted by Gasteiger charge is 2.37. The van der Waals surface area contributed by atoms with Crippen LogP contribution in [-0.2, 0) is 4.74 Å².